The first-order valence-corrected chi connectivity index (χ1v) is 11.9. The Labute approximate surface area is 189 Å². The minimum absolute atomic E-state index is 0.0990. The van der Waals surface area contributed by atoms with Crippen LogP contribution in [0.4, 0.5) is 5.00 Å². The summed E-state index contributed by atoms with van der Waals surface area (Å²) in [5.41, 5.74) is 3.31. The summed E-state index contributed by atoms with van der Waals surface area (Å²) in [6.07, 6.45) is 2.08. The zero-order valence-corrected chi connectivity index (χ0v) is 19.7. The number of carbonyl (C=O) groups is 2. The van der Waals surface area contributed by atoms with E-state index < -0.39 is 5.97 Å². The lowest BCUT2D eigenvalue weighted by atomic mass is 10.0. The Hall–Kier alpha value is -2.22. The number of ether oxygens (including phenoxy) is 1. The maximum Gasteiger partial charge on any atom is 0.341 e. The first kappa shape index (κ1) is 23.4. The zero-order chi connectivity index (χ0) is 22.4. The molecule has 1 aromatic heterocycles. The van der Waals surface area contributed by atoms with Crippen LogP contribution in [0.15, 0.2) is 29.6 Å². The van der Waals surface area contributed by atoms with Gasteiger partial charge < -0.3 is 15.4 Å². The third-order valence-corrected chi connectivity index (χ3v) is 6.31. The summed E-state index contributed by atoms with van der Waals surface area (Å²) in [7, 11) is 0. The number of likely N-dealkylation sites (tertiary alicyclic amines) is 1. The van der Waals surface area contributed by atoms with Gasteiger partial charge in [0.05, 0.1) is 13.2 Å². The van der Waals surface area contributed by atoms with E-state index in [4.69, 9.17) is 4.74 Å². The highest BCUT2D eigenvalue weighted by Crippen LogP contribution is 2.36. The van der Waals surface area contributed by atoms with Gasteiger partial charge in [-0.1, -0.05) is 43.7 Å². The highest BCUT2D eigenvalue weighted by Gasteiger charge is 2.25. The van der Waals surface area contributed by atoms with Crippen molar-refractivity contribution in [2.24, 2.45) is 0 Å². The van der Waals surface area contributed by atoms with E-state index in [0.717, 1.165) is 42.6 Å². The number of amides is 1. The molecule has 1 amide bonds. The molecule has 1 aromatic carbocycles. The van der Waals surface area contributed by atoms with Gasteiger partial charge >= 0.3 is 5.97 Å². The van der Waals surface area contributed by atoms with Crippen LogP contribution in [-0.4, -0.2) is 55.1 Å². The van der Waals surface area contributed by atoms with Gasteiger partial charge in [-0.25, -0.2) is 4.79 Å². The highest BCUT2D eigenvalue weighted by atomic mass is 32.1. The van der Waals surface area contributed by atoms with Crippen molar-refractivity contribution in [1.29, 1.82) is 0 Å². The van der Waals surface area contributed by atoms with E-state index in [2.05, 4.69) is 29.4 Å². The smallest absolute Gasteiger partial charge is 0.341 e. The number of carbonyl (C=O) groups excluding carboxylic acids is 2. The second-order valence-electron chi connectivity index (χ2n) is 8.36. The summed E-state index contributed by atoms with van der Waals surface area (Å²) in [4.78, 5) is 27.6. The van der Waals surface area contributed by atoms with Crippen LogP contribution in [-0.2, 0) is 9.53 Å². The van der Waals surface area contributed by atoms with Gasteiger partial charge in [0, 0.05) is 36.1 Å². The number of hydrogen-bond donors (Lipinski definition) is 2. The molecule has 0 aliphatic carbocycles. The van der Waals surface area contributed by atoms with Crippen LogP contribution in [0.25, 0.3) is 11.1 Å². The number of anilines is 1. The monoisotopic (exact) mass is 443 g/mol. The van der Waals surface area contributed by atoms with Crippen LogP contribution in [0.2, 0.25) is 0 Å². The molecule has 1 aliphatic rings. The third kappa shape index (κ3) is 6.38. The third-order valence-electron chi connectivity index (χ3n) is 5.41. The fourth-order valence-electron chi connectivity index (χ4n) is 3.90. The molecule has 2 aromatic rings. The molecule has 0 saturated carbocycles. The van der Waals surface area contributed by atoms with E-state index in [0.29, 0.717) is 29.2 Å². The summed E-state index contributed by atoms with van der Waals surface area (Å²) in [6.45, 7) is 10.5. The number of nitrogens with one attached hydrogen (secondary N) is 2. The largest absolute Gasteiger partial charge is 0.462 e. The molecule has 0 radical (unpaired) electrons. The number of aryl methyl sites for hydroxylation is 1. The van der Waals surface area contributed by atoms with Crippen molar-refractivity contribution in [2.45, 2.75) is 52.6 Å². The van der Waals surface area contributed by atoms with Gasteiger partial charge in [-0.15, -0.1) is 11.3 Å². The lowest BCUT2D eigenvalue weighted by molar-refractivity contribution is -0.117. The Morgan fingerprint density at radius 1 is 1.19 bits per heavy atom. The molecule has 3 rings (SSSR count). The summed E-state index contributed by atoms with van der Waals surface area (Å²) in [5.74, 6) is -0.506. The predicted octanol–water partition coefficient (Wildman–Crippen LogP) is 4.30. The molecular formula is C24H33N3O3S. The summed E-state index contributed by atoms with van der Waals surface area (Å²) in [6, 6.07) is 8.99. The van der Waals surface area contributed by atoms with Gasteiger partial charge in [0.15, 0.2) is 0 Å². The Balaban J connectivity index is 1.68. The minimum Gasteiger partial charge on any atom is -0.462 e. The van der Waals surface area contributed by atoms with Crippen LogP contribution >= 0.6 is 11.3 Å². The van der Waals surface area contributed by atoms with Gasteiger partial charge in [0.25, 0.3) is 0 Å². The van der Waals surface area contributed by atoms with E-state index >= 15 is 0 Å². The topological polar surface area (TPSA) is 70.7 Å². The molecule has 6 nitrogen and oxygen atoms in total. The molecule has 2 N–H and O–H groups in total. The van der Waals surface area contributed by atoms with Gasteiger partial charge in [-0.3, -0.25) is 9.69 Å². The molecule has 1 aliphatic heterocycles. The number of rotatable bonds is 8. The molecule has 0 unspecified atom stereocenters. The number of benzene rings is 1. The Morgan fingerprint density at radius 2 is 1.87 bits per heavy atom. The van der Waals surface area contributed by atoms with Crippen molar-refractivity contribution in [2.75, 3.05) is 31.6 Å². The minimum atomic E-state index is -0.407. The second kappa shape index (κ2) is 10.9. The fraction of sp³-hybridized carbons (Fsp3) is 0.500. The first-order valence-electron chi connectivity index (χ1n) is 11.0. The van der Waals surface area contributed by atoms with Crippen molar-refractivity contribution in [3.63, 3.8) is 0 Å². The quantitative estimate of drug-likeness (QED) is 0.595. The molecule has 31 heavy (non-hydrogen) atoms. The maximum absolute atomic E-state index is 12.7. The van der Waals surface area contributed by atoms with Crippen LogP contribution < -0.4 is 10.6 Å². The molecule has 1 saturated heterocycles. The van der Waals surface area contributed by atoms with Gasteiger partial charge in [-0.2, -0.15) is 0 Å². The van der Waals surface area contributed by atoms with E-state index in [9.17, 15) is 9.59 Å². The number of nitrogens with zero attached hydrogens (tertiary/aromatic N) is 1. The average Bonchev–Trinajstić information content (AvgIpc) is 3.13. The highest BCUT2D eigenvalue weighted by molar-refractivity contribution is 7.15. The normalized spacial score (nSPS) is 15.3. The number of thiophene rings is 1. The first-order chi connectivity index (χ1) is 14.9. The Bertz CT molecular complexity index is 884. The van der Waals surface area contributed by atoms with E-state index in [1.807, 2.05) is 36.6 Å². The molecule has 0 spiro atoms. The Kier molecular flexibility index (Phi) is 8.23. The van der Waals surface area contributed by atoms with Crippen LogP contribution in [0.5, 0.6) is 0 Å². The van der Waals surface area contributed by atoms with E-state index in [1.54, 1.807) is 6.92 Å². The summed E-state index contributed by atoms with van der Waals surface area (Å²) in [5, 5.41) is 9.00. The lowest BCUT2D eigenvalue weighted by Crippen LogP contribution is -2.46. The molecule has 168 valence electrons. The molecule has 7 heteroatoms. The summed E-state index contributed by atoms with van der Waals surface area (Å²) < 4.78 is 5.29. The van der Waals surface area contributed by atoms with Gasteiger partial charge in [0.2, 0.25) is 5.91 Å². The molecule has 0 atom stereocenters. The van der Waals surface area contributed by atoms with E-state index in [1.165, 1.54) is 11.3 Å². The zero-order valence-electron chi connectivity index (χ0n) is 18.9. The molecular weight excluding hydrogens is 410 g/mol. The SMILES string of the molecule is CCOC(=O)c1c(-c2ccc(C)cc2)csc1NC(=O)CN1CCC(NC(C)C)CC1. The van der Waals surface area contributed by atoms with Crippen LogP contribution in [0.1, 0.15) is 49.5 Å². The number of piperidine rings is 1. The molecule has 2 heterocycles. The van der Waals surface area contributed by atoms with Crippen LogP contribution in [0.3, 0.4) is 0 Å². The van der Waals surface area contributed by atoms with Gasteiger partial charge in [-0.05, 0) is 32.3 Å². The Morgan fingerprint density at radius 3 is 2.48 bits per heavy atom. The van der Waals surface area contributed by atoms with Crippen molar-refractivity contribution < 1.29 is 14.3 Å². The summed E-state index contributed by atoms with van der Waals surface area (Å²) >= 11 is 1.37. The fourth-order valence-corrected chi connectivity index (χ4v) is 4.87. The van der Waals surface area contributed by atoms with Crippen molar-refractivity contribution in [1.82, 2.24) is 10.2 Å². The van der Waals surface area contributed by atoms with E-state index in [-0.39, 0.29) is 12.5 Å². The predicted molar refractivity (Wildman–Crippen MR) is 127 cm³/mol. The number of hydrogen-bond acceptors (Lipinski definition) is 6. The van der Waals surface area contributed by atoms with Crippen molar-refractivity contribution >= 4 is 28.2 Å². The lowest BCUT2D eigenvalue weighted by Gasteiger charge is -2.32. The number of esters is 1. The van der Waals surface area contributed by atoms with Crippen molar-refractivity contribution in [3.8, 4) is 11.1 Å². The van der Waals surface area contributed by atoms with Gasteiger partial charge in [0.1, 0.15) is 10.6 Å². The molecule has 0 bridgehead atoms. The van der Waals surface area contributed by atoms with Crippen LogP contribution in [0, 0.1) is 6.92 Å². The maximum atomic E-state index is 12.7. The standard InChI is InChI=1S/C24H33N3O3S/c1-5-30-24(29)22-20(18-8-6-17(4)7-9-18)15-31-23(22)26-21(28)14-27-12-10-19(11-13-27)25-16(2)3/h6-9,15-16,19,25H,5,10-14H2,1-4H3,(H,26,28). The molecule has 1 fully saturated rings. The van der Waals surface area contributed by atoms with Crippen molar-refractivity contribution in [3.05, 3.63) is 40.8 Å². The second-order valence-corrected chi connectivity index (χ2v) is 9.24. The average molecular weight is 444 g/mol.